The van der Waals surface area contributed by atoms with Crippen molar-refractivity contribution in [2.75, 3.05) is 33.4 Å². The Balaban J connectivity index is 1.55. The van der Waals surface area contributed by atoms with Crippen LogP contribution in [0.25, 0.3) is 0 Å². The molecule has 2 aromatic carbocycles. The topological polar surface area (TPSA) is 97.0 Å². The highest BCUT2D eigenvalue weighted by Gasteiger charge is 2.24. The van der Waals surface area contributed by atoms with E-state index in [0.29, 0.717) is 49.7 Å². The maximum Gasteiger partial charge on any atom is 0.254 e. The van der Waals surface area contributed by atoms with Gasteiger partial charge in [0.1, 0.15) is 11.8 Å². The van der Waals surface area contributed by atoms with Gasteiger partial charge in [0.15, 0.2) is 0 Å². The summed E-state index contributed by atoms with van der Waals surface area (Å²) >= 11 is 0. The molecule has 0 aliphatic carbocycles. The third-order valence-corrected chi connectivity index (χ3v) is 5.55. The average molecular weight is 454 g/mol. The zero-order chi connectivity index (χ0) is 23.8. The van der Waals surface area contributed by atoms with E-state index in [0.717, 1.165) is 5.56 Å². The van der Waals surface area contributed by atoms with Crippen molar-refractivity contribution in [3.8, 4) is 5.75 Å². The molecule has 0 spiro atoms. The van der Waals surface area contributed by atoms with E-state index in [4.69, 9.17) is 9.47 Å². The minimum atomic E-state index is -0.679. The summed E-state index contributed by atoms with van der Waals surface area (Å²) in [6.07, 6.45) is 0. The first-order chi connectivity index (χ1) is 15.9. The number of rotatable bonds is 8. The molecule has 8 heteroatoms. The smallest absolute Gasteiger partial charge is 0.254 e. The van der Waals surface area contributed by atoms with Crippen LogP contribution in [0.4, 0.5) is 0 Å². The molecule has 0 radical (unpaired) electrons. The van der Waals surface area contributed by atoms with Gasteiger partial charge in [-0.2, -0.15) is 0 Å². The van der Waals surface area contributed by atoms with Crippen LogP contribution in [0.1, 0.15) is 40.1 Å². The van der Waals surface area contributed by atoms with E-state index in [-0.39, 0.29) is 23.6 Å². The monoisotopic (exact) mass is 453 g/mol. The molecular formula is C25H31N3O5. The molecule has 2 N–H and O–H groups in total. The fourth-order valence-electron chi connectivity index (χ4n) is 3.52. The van der Waals surface area contributed by atoms with E-state index in [1.807, 2.05) is 26.0 Å². The van der Waals surface area contributed by atoms with E-state index in [2.05, 4.69) is 10.6 Å². The number of hydrogen-bond acceptors (Lipinski definition) is 5. The van der Waals surface area contributed by atoms with Crippen LogP contribution in [0.5, 0.6) is 5.75 Å². The fourth-order valence-corrected chi connectivity index (χ4v) is 3.52. The summed E-state index contributed by atoms with van der Waals surface area (Å²) in [6, 6.07) is 13.2. The minimum Gasteiger partial charge on any atom is -0.497 e. The number of nitrogens with zero attached hydrogens (tertiary/aromatic N) is 1. The third-order valence-electron chi connectivity index (χ3n) is 5.55. The molecule has 1 aliphatic heterocycles. The first-order valence-electron chi connectivity index (χ1n) is 11.1. The molecule has 2 aromatic rings. The molecule has 0 bridgehead atoms. The molecule has 1 atom stereocenters. The molecule has 0 unspecified atom stereocenters. The van der Waals surface area contributed by atoms with Gasteiger partial charge in [-0.25, -0.2) is 0 Å². The van der Waals surface area contributed by atoms with Crippen LogP contribution in [-0.2, 0) is 16.1 Å². The van der Waals surface area contributed by atoms with Crippen LogP contribution < -0.4 is 15.4 Å². The number of benzene rings is 2. The van der Waals surface area contributed by atoms with E-state index in [9.17, 15) is 14.4 Å². The van der Waals surface area contributed by atoms with Crippen LogP contribution in [0.3, 0.4) is 0 Å². The zero-order valence-corrected chi connectivity index (χ0v) is 19.3. The van der Waals surface area contributed by atoms with Crippen molar-refractivity contribution in [1.82, 2.24) is 15.5 Å². The molecule has 0 aromatic heterocycles. The number of morpholine rings is 1. The lowest BCUT2D eigenvalue weighted by atomic mass is 10.0. The van der Waals surface area contributed by atoms with Gasteiger partial charge in [-0.05, 0) is 47.9 Å². The number of carbonyl (C=O) groups is 3. The van der Waals surface area contributed by atoms with Crippen molar-refractivity contribution in [3.63, 3.8) is 0 Å². The van der Waals surface area contributed by atoms with Crippen LogP contribution in [-0.4, -0.2) is 62.1 Å². The number of methoxy groups -OCH3 is 1. The predicted molar refractivity (Wildman–Crippen MR) is 124 cm³/mol. The molecule has 1 aliphatic rings. The van der Waals surface area contributed by atoms with Gasteiger partial charge >= 0.3 is 0 Å². The first kappa shape index (κ1) is 24.3. The Morgan fingerprint density at radius 3 is 2.15 bits per heavy atom. The first-order valence-corrected chi connectivity index (χ1v) is 11.1. The highest BCUT2D eigenvalue weighted by molar-refractivity contribution is 5.97. The Labute approximate surface area is 194 Å². The molecule has 176 valence electrons. The second-order valence-corrected chi connectivity index (χ2v) is 8.24. The maximum absolute atomic E-state index is 12.8. The van der Waals surface area contributed by atoms with Crippen molar-refractivity contribution in [2.45, 2.75) is 26.4 Å². The van der Waals surface area contributed by atoms with Crippen molar-refractivity contribution < 1.29 is 23.9 Å². The Bertz CT molecular complexity index is 951. The van der Waals surface area contributed by atoms with E-state index < -0.39 is 6.04 Å². The van der Waals surface area contributed by atoms with Gasteiger partial charge in [0, 0.05) is 30.8 Å². The number of hydrogen-bond donors (Lipinski definition) is 2. The Morgan fingerprint density at radius 2 is 1.58 bits per heavy atom. The second-order valence-electron chi connectivity index (χ2n) is 8.24. The summed E-state index contributed by atoms with van der Waals surface area (Å²) < 4.78 is 10.4. The standard InChI is InChI=1S/C25H31N3O5/c1-17(2)22(27-23(29)19-8-10-21(32-3)11-9-19)24(30)26-16-18-4-6-20(7-5-18)25(31)28-12-14-33-15-13-28/h4-11,17,22H,12-16H2,1-3H3,(H,26,30)(H,27,29)/t22-/m1/s1. The van der Waals surface area contributed by atoms with Gasteiger partial charge in [0.25, 0.3) is 11.8 Å². The van der Waals surface area contributed by atoms with Crippen molar-refractivity contribution in [3.05, 3.63) is 65.2 Å². The number of amides is 3. The maximum atomic E-state index is 12.8. The van der Waals surface area contributed by atoms with E-state index in [1.165, 1.54) is 0 Å². The molecule has 8 nitrogen and oxygen atoms in total. The molecule has 33 heavy (non-hydrogen) atoms. The number of carbonyl (C=O) groups excluding carboxylic acids is 3. The molecule has 3 amide bonds. The molecule has 1 saturated heterocycles. The Morgan fingerprint density at radius 1 is 0.970 bits per heavy atom. The van der Waals surface area contributed by atoms with Gasteiger partial charge in [0.05, 0.1) is 20.3 Å². The SMILES string of the molecule is COc1ccc(C(=O)N[C@@H](C(=O)NCc2ccc(C(=O)N3CCOCC3)cc2)C(C)C)cc1. The number of nitrogens with one attached hydrogen (secondary N) is 2. The normalized spacial score (nSPS) is 14.5. The van der Waals surface area contributed by atoms with Gasteiger partial charge < -0.3 is 25.0 Å². The largest absolute Gasteiger partial charge is 0.497 e. The molecule has 1 fully saturated rings. The lowest BCUT2D eigenvalue weighted by Crippen LogP contribution is -2.49. The highest BCUT2D eigenvalue weighted by Crippen LogP contribution is 2.13. The van der Waals surface area contributed by atoms with Crippen molar-refractivity contribution in [1.29, 1.82) is 0 Å². The van der Waals surface area contributed by atoms with E-state index in [1.54, 1.807) is 48.4 Å². The summed E-state index contributed by atoms with van der Waals surface area (Å²) in [4.78, 5) is 39.7. The van der Waals surface area contributed by atoms with Gasteiger partial charge in [-0.3, -0.25) is 14.4 Å². The Kier molecular flexibility index (Phi) is 8.43. The van der Waals surface area contributed by atoms with Gasteiger partial charge in [0.2, 0.25) is 5.91 Å². The molecule has 0 saturated carbocycles. The average Bonchev–Trinajstić information content (AvgIpc) is 2.86. The van der Waals surface area contributed by atoms with Crippen molar-refractivity contribution in [2.24, 2.45) is 5.92 Å². The summed E-state index contributed by atoms with van der Waals surface area (Å²) in [7, 11) is 1.56. The highest BCUT2D eigenvalue weighted by atomic mass is 16.5. The minimum absolute atomic E-state index is 0.0185. The van der Waals surface area contributed by atoms with Crippen LogP contribution in [0.15, 0.2) is 48.5 Å². The third kappa shape index (κ3) is 6.55. The summed E-state index contributed by atoms with van der Waals surface area (Å²) in [5.74, 6) is -0.0455. The van der Waals surface area contributed by atoms with E-state index >= 15 is 0 Å². The van der Waals surface area contributed by atoms with Crippen LogP contribution in [0.2, 0.25) is 0 Å². The lowest BCUT2D eigenvalue weighted by Gasteiger charge is -2.26. The predicted octanol–water partition coefficient (Wildman–Crippen LogP) is 2.24. The molecule has 1 heterocycles. The summed E-state index contributed by atoms with van der Waals surface area (Å²) in [5, 5.41) is 5.70. The molecule has 3 rings (SSSR count). The summed E-state index contributed by atoms with van der Waals surface area (Å²) in [6.45, 7) is 6.36. The number of ether oxygens (including phenoxy) is 2. The van der Waals surface area contributed by atoms with Gasteiger partial charge in [-0.15, -0.1) is 0 Å². The van der Waals surface area contributed by atoms with Crippen molar-refractivity contribution >= 4 is 17.7 Å². The van der Waals surface area contributed by atoms with Crippen LogP contribution >= 0.6 is 0 Å². The van der Waals surface area contributed by atoms with Gasteiger partial charge in [-0.1, -0.05) is 26.0 Å². The fraction of sp³-hybridized carbons (Fsp3) is 0.400. The quantitative estimate of drug-likeness (QED) is 0.639. The summed E-state index contributed by atoms with van der Waals surface area (Å²) in [5.41, 5.74) is 1.93. The lowest BCUT2D eigenvalue weighted by molar-refractivity contribution is -0.124. The Hall–Kier alpha value is -3.39. The molecular weight excluding hydrogens is 422 g/mol. The zero-order valence-electron chi connectivity index (χ0n) is 19.3. The second kappa shape index (κ2) is 11.5. The van der Waals surface area contributed by atoms with Crippen LogP contribution in [0, 0.1) is 5.92 Å².